The van der Waals surface area contributed by atoms with Crippen LogP contribution in [0.5, 0.6) is 5.75 Å². The molecule has 29 heavy (non-hydrogen) atoms. The number of benzene rings is 2. The molecule has 0 saturated heterocycles. The lowest BCUT2D eigenvalue weighted by atomic mass is 10.2. The Balaban J connectivity index is 1.84. The number of carbonyl (C=O) groups excluding carboxylic acids is 1. The van der Waals surface area contributed by atoms with Gasteiger partial charge in [-0.3, -0.25) is 14.2 Å². The minimum absolute atomic E-state index is 0.0730. The molecule has 0 atom stereocenters. The second-order valence-electron chi connectivity index (χ2n) is 6.04. The van der Waals surface area contributed by atoms with Crippen molar-refractivity contribution in [2.45, 2.75) is 11.7 Å². The summed E-state index contributed by atoms with van der Waals surface area (Å²) in [5.74, 6) is 0.406. The minimum atomic E-state index is -0.238. The molecule has 1 aromatic heterocycles. The number of hydrogen-bond acceptors (Lipinski definition) is 6. The van der Waals surface area contributed by atoms with Gasteiger partial charge in [0.25, 0.3) is 5.56 Å². The molecule has 0 spiro atoms. The number of rotatable bonds is 8. The smallest absolute Gasteiger partial charge is 0.262 e. The van der Waals surface area contributed by atoms with Crippen LogP contribution in [-0.4, -0.2) is 42.0 Å². The second-order valence-corrected chi connectivity index (χ2v) is 7.42. The van der Waals surface area contributed by atoms with Crippen molar-refractivity contribution in [3.8, 4) is 5.75 Å². The highest BCUT2D eigenvalue weighted by Crippen LogP contribution is 2.24. The summed E-state index contributed by atoms with van der Waals surface area (Å²) in [5.41, 5.74) is 0.871. The third-order valence-corrected chi connectivity index (χ3v) is 5.33. The van der Waals surface area contributed by atoms with E-state index in [1.165, 1.54) is 16.3 Å². The highest BCUT2D eigenvalue weighted by Gasteiger charge is 2.14. The maximum absolute atomic E-state index is 12.9. The Morgan fingerprint density at radius 2 is 2.03 bits per heavy atom. The Kier molecular flexibility index (Phi) is 7.13. The van der Waals surface area contributed by atoms with Crippen molar-refractivity contribution in [2.75, 3.05) is 31.9 Å². The van der Waals surface area contributed by atoms with Crippen molar-refractivity contribution < 1.29 is 14.3 Å². The zero-order valence-electron chi connectivity index (χ0n) is 16.0. The van der Waals surface area contributed by atoms with Gasteiger partial charge in [0, 0.05) is 12.1 Å². The van der Waals surface area contributed by atoms with Gasteiger partial charge >= 0.3 is 0 Å². The topological polar surface area (TPSA) is 82.4 Å². The number of nitrogens with one attached hydrogen (secondary N) is 1. The first-order valence-electron chi connectivity index (χ1n) is 8.78. The lowest BCUT2D eigenvalue weighted by Crippen LogP contribution is -2.26. The van der Waals surface area contributed by atoms with Crippen molar-refractivity contribution >= 4 is 45.9 Å². The van der Waals surface area contributed by atoms with Crippen LogP contribution in [0.1, 0.15) is 0 Å². The molecular weight excluding hydrogens is 414 g/mol. The molecular formula is C20H20ClN3O4S. The summed E-state index contributed by atoms with van der Waals surface area (Å²) in [7, 11) is 3.10. The quantitative estimate of drug-likeness (QED) is 0.433. The third kappa shape index (κ3) is 5.09. The molecule has 3 rings (SSSR count). The molecule has 1 amide bonds. The predicted molar refractivity (Wildman–Crippen MR) is 115 cm³/mol. The Hall–Kier alpha value is -2.55. The van der Waals surface area contributed by atoms with Gasteiger partial charge in [-0.25, -0.2) is 4.98 Å². The van der Waals surface area contributed by atoms with Gasteiger partial charge in [-0.2, -0.15) is 0 Å². The highest BCUT2D eigenvalue weighted by molar-refractivity contribution is 7.99. The molecule has 0 aliphatic rings. The molecule has 152 valence electrons. The first kappa shape index (κ1) is 21.2. The second kappa shape index (κ2) is 9.78. The fraction of sp³-hybridized carbons (Fsp3) is 0.250. The van der Waals surface area contributed by atoms with Gasteiger partial charge in [-0.15, -0.1) is 0 Å². The Morgan fingerprint density at radius 3 is 2.79 bits per heavy atom. The molecule has 0 radical (unpaired) electrons. The summed E-state index contributed by atoms with van der Waals surface area (Å²) in [5, 5.41) is 4.19. The van der Waals surface area contributed by atoms with Crippen LogP contribution >= 0.6 is 23.4 Å². The van der Waals surface area contributed by atoms with E-state index in [4.69, 9.17) is 21.1 Å². The van der Waals surface area contributed by atoms with Gasteiger partial charge in [-0.1, -0.05) is 35.5 Å². The number of hydrogen-bond donors (Lipinski definition) is 1. The zero-order chi connectivity index (χ0) is 20.8. The first-order chi connectivity index (χ1) is 14.0. The van der Waals surface area contributed by atoms with Crippen LogP contribution in [0.25, 0.3) is 10.9 Å². The maximum atomic E-state index is 12.9. The number of thioether (sulfide) groups is 1. The average Bonchev–Trinajstić information content (AvgIpc) is 2.72. The molecule has 0 unspecified atom stereocenters. The summed E-state index contributed by atoms with van der Waals surface area (Å²) in [6, 6.07) is 12.1. The fourth-order valence-electron chi connectivity index (χ4n) is 2.73. The fourth-order valence-corrected chi connectivity index (χ4v) is 3.72. The average molecular weight is 434 g/mol. The number of nitrogens with zero attached hydrogens (tertiary/aromatic N) is 2. The van der Waals surface area contributed by atoms with Crippen LogP contribution in [0.15, 0.2) is 52.4 Å². The minimum Gasteiger partial charge on any atom is -0.495 e. The maximum Gasteiger partial charge on any atom is 0.262 e. The number of fused-ring (bicyclic) bond motifs is 1. The van der Waals surface area contributed by atoms with E-state index in [1.54, 1.807) is 44.6 Å². The van der Waals surface area contributed by atoms with Crippen molar-refractivity contribution in [1.29, 1.82) is 0 Å². The van der Waals surface area contributed by atoms with Gasteiger partial charge in [0.2, 0.25) is 5.91 Å². The van der Waals surface area contributed by atoms with Crippen molar-refractivity contribution in [1.82, 2.24) is 9.55 Å². The van der Waals surface area contributed by atoms with Gasteiger partial charge in [0.15, 0.2) is 5.16 Å². The van der Waals surface area contributed by atoms with Crippen molar-refractivity contribution in [3.63, 3.8) is 0 Å². The molecule has 0 fully saturated rings. The van der Waals surface area contributed by atoms with Crippen molar-refractivity contribution in [2.24, 2.45) is 0 Å². The van der Waals surface area contributed by atoms with E-state index in [-0.39, 0.29) is 17.2 Å². The summed E-state index contributed by atoms with van der Waals surface area (Å²) >= 11 is 7.22. The largest absolute Gasteiger partial charge is 0.495 e. The van der Waals surface area contributed by atoms with Gasteiger partial charge < -0.3 is 14.8 Å². The number of halogens is 1. The molecule has 9 heteroatoms. The predicted octanol–water partition coefficient (Wildman–Crippen LogP) is 3.44. The normalized spacial score (nSPS) is 10.9. The number of para-hydroxylation sites is 2. The lowest BCUT2D eigenvalue weighted by Gasteiger charge is -2.13. The molecule has 1 N–H and O–H groups in total. The van der Waals surface area contributed by atoms with Crippen LogP contribution in [0, 0.1) is 0 Å². The van der Waals surface area contributed by atoms with Gasteiger partial charge in [-0.05, 0) is 30.3 Å². The summed E-state index contributed by atoms with van der Waals surface area (Å²) in [6.07, 6.45) is 0. The number of anilines is 1. The summed E-state index contributed by atoms with van der Waals surface area (Å²) in [6.45, 7) is 0.680. The standard InChI is InChI=1S/C20H20ClN3O4S/c1-27-10-9-24-19(26)14-8-7-13(21)11-16(14)23-20(24)29-12-18(25)22-15-5-3-4-6-17(15)28-2/h3-8,11H,9-10,12H2,1-2H3,(H,22,25). The van der Waals surface area contributed by atoms with Crippen LogP contribution < -0.4 is 15.6 Å². The number of aromatic nitrogens is 2. The monoisotopic (exact) mass is 433 g/mol. The van der Waals surface area contributed by atoms with E-state index in [9.17, 15) is 9.59 Å². The molecule has 3 aromatic rings. The van der Waals surface area contributed by atoms with Crippen LogP contribution in [0.2, 0.25) is 5.02 Å². The molecule has 7 nitrogen and oxygen atoms in total. The van der Waals surface area contributed by atoms with E-state index in [1.807, 2.05) is 12.1 Å². The molecule has 2 aromatic carbocycles. The van der Waals surface area contributed by atoms with Crippen LogP contribution in [0.4, 0.5) is 5.69 Å². The first-order valence-corrected chi connectivity index (χ1v) is 10.1. The van der Waals surface area contributed by atoms with Crippen molar-refractivity contribution in [3.05, 3.63) is 57.8 Å². The van der Waals surface area contributed by atoms with E-state index in [0.717, 1.165) is 0 Å². The third-order valence-electron chi connectivity index (χ3n) is 4.11. The summed E-state index contributed by atoms with van der Waals surface area (Å²) < 4.78 is 11.9. The number of amides is 1. The van der Waals surface area contributed by atoms with E-state index in [2.05, 4.69) is 10.3 Å². The zero-order valence-corrected chi connectivity index (χ0v) is 17.5. The van der Waals surface area contributed by atoms with Crippen LogP contribution in [0.3, 0.4) is 0 Å². The highest BCUT2D eigenvalue weighted by atomic mass is 35.5. The number of carbonyl (C=O) groups is 1. The molecule has 0 aliphatic carbocycles. The number of ether oxygens (including phenoxy) is 2. The summed E-state index contributed by atoms with van der Waals surface area (Å²) in [4.78, 5) is 29.9. The van der Waals surface area contributed by atoms with Crippen LogP contribution in [-0.2, 0) is 16.1 Å². The van der Waals surface area contributed by atoms with E-state index in [0.29, 0.717) is 45.7 Å². The molecule has 0 bridgehead atoms. The van der Waals surface area contributed by atoms with Gasteiger partial charge in [0.1, 0.15) is 5.75 Å². The Morgan fingerprint density at radius 1 is 1.24 bits per heavy atom. The lowest BCUT2D eigenvalue weighted by molar-refractivity contribution is -0.113. The Labute approximate surface area is 177 Å². The molecule has 1 heterocycles. The van der Waals surface area contributed by atoms with Gasteiger partial charge in [0.05, 0.1) is 42.6 Å². The number of methoxy groups -OCH3 is 2. The molecule has 0 saturated carbocycles. The Bertz CT molecular complexity index is 1090. The van der Waals surface area contributed by atoms with E-state index < -0.39 is 0 Å². The van der Waals surface area contributed by atoms with E-state index >= 15 is 0 Å². The molecule has 0 aliphatic heterocycles. The SMILES string of the molecule is COCCn1c(SCC(=O)Nc2ccccc2OC)nc2cc(Cl)ccc2c1=O.